The van der Waals surface area contributed by atoms with Crippen LogP contribution < -0.4 is 9.80 Å². The van der Waals surface area contributed by atoms with Crippen molar-refractivity contribution in [3.63, 3.8) is 0 Å². The molecule has 232 valence electrons. The highest BCUT2D eigenvalue weighted by Crippen LogP contribution is 2.36. The first-order valence-electron chi connectivity index (χ1n) is 16.2. The second kappa shape index (κ2) is 14.2. The van der Waals surface area contributed by atoms with Gasteiger partial charge in [-0.2, -0.15) is 0 Å². The van der Waals surface area contributed by atoms with Crippen LogP contribution in [0.3, 0.4) is 0 Å². The molecule has 0 heterocycles. The van der Waals surface area contributed by atoms with Crippen LogP contribution in [0.25, 0.3) is 24.3 Å². The molecular weight excluding hydrogens is 569 g/mol. The fourth-order valence-corrected chi connectivity index (χ4v) is 5.99. The summed E-state index contributed by atoms with van der Waals surface area (Å²) < 4.78 is 0. The third-order valence-corrected chi connectivity index (χ3v) is 8.70. The Morgan fingerprint density at radius 1 is 0.362 bits per heavy atom. The molecule has 47 heavy (non-hydrogen) atoms. The first kappa shape index (κ1) is 31.4. The zero-order valence-corrected chi connectivity index (χ0v) is 28.0. The summed E-state index contributed by atoms with van der Waals surface area (Å²) >= 11 is 0. The largest absolute Gasteiger partial charge is 0.345 e. The predicted molar refractivity (Wildman–Crippen MR) is 205 cm³/mol. The summed E-state index contributed by atoms with van der Waals surface area (Å²) in [6.45, 7) is 8.65. The first-order chi connectivity index (χ1) is 22.9. The standard InChI is InChI=1S/C45H42N2/c1-33-13-11-19-42(29-33)46(5)43-27-25-37(35(3)31-43)21-23-39-15-9-10-16-40(39)24-22-38-26-28-45(32-36(38)4)47(41-17-7-6-8-18-41)44-20-12-14-34(2)30-44/h6-32H,1-5H3. The Morgan fingerprint density at radius 3 is 1.36 bits per heavy atom. The molecule has 2 nitrogen and oxygen atoms in total. The molecule has 0 saturated carbocycles. The molecule has 0 aliphatic carbocycles. The number of hydrogen-bond acceptors (Lipinski definition) is 2. The number of rotatable bonds is 9. The zero-order chi connectivity index (χ0) is 32.8. The molecule has 0 spiro atoms. The van der Waals surface area contributed by atoms with Crippen molar-refractivity contribution in [3.05, 3.63) is 184 Å². The van der Waals surface area contributed by atoms with E-state index in [0.717, 1.165) is 17.1 Å². The number of nitrogens with zero attached hydrogens (tertiary/aromatic N) is 2. The molecule has 0 aromatic heterocycles. The van der Waals surface area contributed by atoms with E-state index in [1.807, 2.05) is 0 Å². The van der Waals surface area contributed by atoms with Crippen molar-refractivity contribution in [2.75, 3.05) is 16.8 Å². The maximum atomic E-state index is 2.32. The maximum absolute atomic E-state index is 2.32. The lowest BCUT2D eigenvalue weighted by molar-refractivity contribution is 1.19. The molecule has 0 N–H and O–H groups in total. The Morgan fingerprint density at radius 2 is 0.787 bits per heavy atom. The molecule has 6 aromatic rings. The lowest BCUT2D eigenvalue weighted by Gasteiger charge is -2.26. The number of hydrogen-bond donors (Lipinski definition) is 0. The lowest BCUT2D eigenvalue weighted by Crippen LogP contribution is -2.10. The SMILES string of the molecule is Cc1cccc(N(C)c2ccc(C=Cc3ccccc3C=Cc3ccc(N(c4ccccc4)c4cccc(C)c4)cc3C)c(C)c2)c1. The lowest BCUT2D eigenvalue weighted by atomic mass is 10.0. The van der Waals surface area contributed by atoms with Gasteiger partial charge in [0.2, 0.25) is 0 Å². The molecule has 6 rings (SSSR count). The van der Waals surface area contributed by atoms with Gasteiger partial charge in [-0.1, -0.05) is 103 Å². The Balaban J connectivity index is 1.23. The number of para-hydroxylation sites is 1. The van der Waals surface area contributed by atoms with Gasteiger partial charge < -0.3 is 9.80 Å². The van der Waals surface area contributed by atoms with Crippen LogP contribution in [0.15, 0.2) is 140 Å². The van der Waals surface area contributed by atoms with Crippen molar-refractivity contribution in [1.82, 2.24) is 0 Å². The van der Waals surface area contributed by atoms with E-state index in [9.17, 15) is 0 Å². The summed E-state index contributed by atoms with van der Waals surface area (Å²) in [6.07, 6.45) is 8.90. The van der Waals surface area contributed by atoms with E-state index in [2.05, 4.69) is 208 Å². The summed E-state index contributed by atoms with van der Waals surface area (Å²) in [5.41, 5.74) is 15.6. The van der Waals surface area contributed by atoms with Crippen LogP contribution in [0.1, 0.15) is 44.5 Å². The molecule has 2 heteroatoms. The van der Waals surface area contributed by atoms with Crippen molar-refractivity contribution < 1.29 is 0 Å². The summed E-state index contributed by atoms with van der Waals surface area (Å²) in [5.74, 6) is 0. The van der Waals surface area contributed by atoms with Gasteiger partial charge in [-0.25, -0.2) is 0 Å². The molecule has 0 amide bonds. The minimum Gasteiger partial charge on any atom is -0.345 e. The summed E-state index contributed by atoms with van der Waals surface area (Å²) in [7, 11) is 2.13. The van der Waals surface area contributed by atoms with Crippen LogP contribution in [0.2, 0.25) is 0 Å². The van der Waals surface area contributed by atoms with Gasteiger partial charge in [-0.15, -0.1) is 0 Å². The Hall–Kier alpha value is -5.60. The summed E-state index contributed by atoms with van der Waals surface area (Å²) in [6, 6.07) is 49.8. The fraction of sp³-hybridized carbons (Fsp3) is 0.111. The summed E-state index contributed by atoms with van der Waals surface area (Å²) in [4.78, 5) is 4.56. The highest BCUT2D eigenvalue weighted by atomic mass is 15.1. The smallest absolute Gasteiger partial charge is 0.0464 e. The van der Waals surface area contributed by atoms with Crippen molar-refractivity contribution in [3.8, 4) is 0 Å². The van der Waals surface area contributed by atoms with Gasteiger partial charge in [0.05, 0.1) is 0 Å². The van der Waals surface area contributed by atoms with Gasteiger partial charge in [0, 0.05) is 35.5 Å². The van der Waals surface area contributed by atoms with Crippen molar-refractivity contribution in [1.29, 1.82) is 0 Å². The quantitative estimate of drug-likeness (QED) is 0.150. The minimum atomic E-state index is 1.14. The first-order valence-corrected chi connectivity index (χ1v) is 16.2. The van der Waals surface area contributed by atoms with E-state index in [1.165, 1.54) is 55.9 Å². The molecule has 6 aromatic carbocycles. The van der Waals surface area contributed by atoms with Gasteiger partial charge in [0.25, 0.3) is 0 Å². The van der Waals surface area contributed by atoms with Crippen molar-refractivity contribution in [2.45, 2.75) is 27.7 Å². The number of benzene rings is 6. The van der Waals surface area contributed by atoms with Crippen LogP contribution in [0.4, 0.5) is 28.4 Å². The molecule has 0 atom stereocenters. The second-order valence-electron chi connectivity index (χ2n) is 12.3. The van der Waals surface area contributed by atoms with E-state index in [-0.39, 0.29) is 0 Å². The van der Waals surface area contributed by atoms with Crippen LogP contribution in [0, 0.1) is 27.7 Å². The zero-order valence-electron chi connectivity index (χ0n) is 28.0. The van der Waals surface area contributed by atoms with Crippen LogP contribution in [-0.2, 0) is 0 Å². The van der Waals surface area contributed by atoms with Crippen LogP contribution >= 0.6 is 0 Å². The normalized spacial score (nSPS) is 11.3. The van der Waals surface area contributed by atoms with Crippen molar-refractivity contribution >= 4 is 52.7 Å². The molecule has 0 fully saturated rings. The topological polar surface area (TPSA) is 6.48 Å². The average Bonchev–Trinajstić information content (AvgIpc) is 3.08. The molecular formula is C45H42N2. The Bertz CT molecular complexity index is 2050. The van der Waals surface area contributed by atoms with E-state index in [1.54, 1.807) is 0 Å². The molecule has 0 radical (unpaired) electrons. The highest BCUT2D eigenvalue weighted by Gasteiger charge is 2.13. The van der Waals surface area contributed by atoms with Gasteiger partial charge >= 0.3 is 0 Å². The minimum absolute atomic E-state index is 1.14. The predicted octanol–water partition coefficient (Wildman–Crippen LogP) is 12.5. The highest BCUT2D eigenvalue weighted by molar-refractivity contribution is 5.82. The third-order valence-electron chi connectivity index (χ3n) is 8.70. The van der Waals surface area contributed by atoms with Crippen LogP contribution in [0.5, 0.6) is 0 Å². The van der Waals surface area contributed by atoms with E-state index in [0.29, 0.717) is 0 Å². The summed E-state index contributed by atoms with van der Waals surface area (Å²) in [5, 5.41) is 0. The van der Waals surface area contributed by atoms with Gasteiger partial charge in [-0.05, 0) is 133 Å². The Kier molecular flexibility index (Phi) is 9.50. The van der Waals surface area contributed by atoms with E-state index >= 15 is 0 Å². The molecule has 0 unspecified atom stereocenters. The number of aryl methyl sites for hydroxylation is 4. The Labute approximate surface area is 280 Å². The molecule has 0 bridgehead atoms. The number of anilines is 5. The van der Waals surface area contributed by atoms with Gasteiger partial charge in [-0.3, -0.25) is 0 Å². The molecule has 0 aliphatic rings. The van der Waals surface area contributed by atoms with E-state index in [4.69, 9.17) is 0 Å². The molecule has 0 saturated heterocycles. The van der Waals surface area contributed by atoms with E-state index < -0.39 is 0 Å². The van der Waals surface area contributed by atoms with Gasteiger partial charge in [0.1, 0.15) is 0 Å². The van der Waals surface area contributed by atoms with Crippen LogP contribution in [-0.4, -0.2) is 7.05 Å². The monoisotopic (exact) mass is 610 g/mol. The fourth-order valence-electron chi connectivity index (χ4n) is 5.99. The van der Waals surface area contributed by atoms with Crippen molar-refractivity contribution in [2.24, 2.45) is 0 Å². The average molecular weight is 611 g/mol. The maximum Gasteiger partial charge on any atom is 0.0464 e. The van der Waals surface area contributed by atoms with Gasteiger partial charge in [0.15, 0.2) is 0 Å². The molecule has 0 aliphatic heterocycles. The second-order valence-corrected chi connectivity index (χ2v) is 12.3. The third kappa shape index (κ3) is 7.45.